The Balaban J connectivity index is 0. The first-order valence-electron chi connectivity index (χ1n) is 16.8. The Morgan fingerprint density at radius 2 is 1.18 bits per heavy atom. The molecule has 0 saturated heterocycles. The lowest BCUT2D eigenvalue weighted by Crippen LogP contribution is -1.99. The highest BCUT2D eigenvalue weighted by molar-refractivity contribution is 6.67. The third kappa shape index (κ3) is 33.2. The zero-order valence-electron chi connectivity index (χ0n) is 27.9. The van der Waals surface area contributed by atoms with E-state index in [-0.39, 0.29) is 21.6 Å². The van der Waals surface area contributed by atoms with Gasteiger partial charge in [-0.25, -0.2) is 0 Å². The van der Waals surface area contributed by atoms with Crippen molar-refractivity contribution in [2.75, 3.05) is 0 Å². The summed E-state index contributed by atoms with van der Waals surface area (Å²) in [5.74, 6) is 0.0293. The molecule has 3 nitrogen and oxygen atoms in total. The molecule has 0 spiro atoms. The van der Waals surface area contributed by atoms with E-state index < -0.39 is 0 Å². The number of benzene rings is 1. The van der Waals surface area contributed by atoms with Gasteiger partial charge in [0.05, 0.1) is 0 Å². The molecular weight excluding hydrogens is 611 g/mol. The molecule has 1 aromatic carbocycles. The van der Waals surface area contributed by atoms with Crippen LogP contribution in [0.2, 0.25) is 0 Å². The van der Waals surface area contributed by atoms with Gasteiger partial charge in [0.25, 0.3) is 5.24 Å². The summed E-state index contributed by atoms with van der Waals surface area (Å²) >= 11 is 15.8. The molecule has 0 radical (unpaired) electrons. The summed E-state index contributed by atoms with van der Waals surface area (Å²) in [5.41, 5.74) is 1.88. The standard InChI is InChI=1S/C18H29ClO.C15H21ClO.C5H9ClO/c1-2-3-4-5-6-7-8-9-10-11-12-13-14-15-16-17-18(19)20;1-2-3-4-5-6-7-8-13-9-11-14(12-10-13)15(16)17;1-3-4(2)5(6)7/h3-4,6-7,9-10H,2,5,8,11-17H2,1H3;9-12H,2-8H2,1H3;4H,3H2,1-2H3/b4-3-,7-6-,10-9-;;. The molecule has 0 amide bonds. The van der Waals surface area contributed by atoms with E-state index in [4.69, 9.17) is 34.8 Å². The van der Waals surface area contributed by atoms with Gasteiger partial charge < -0.3 is 0 Å². The number of carbonyl (C=O) groups is 3. The Labute approximate surface area is 284 Å². The van der Waals surface area contributed by atoms with E-state index >= 15 is 0 Å². The highest BCUT2D eigenvalue weighted by Gasteiger charge is 2.04. The fourth-order valence-electron chi connectivity index (χ4n) is 3.96. The molecule has 250 valence electrons. The lowest BCUT2D eigenvalue weighted by molar-refractivity contribution is -0.114. The number of aryl methyl sites for hydroxylation is 1. The molecule has 1 aromatic rings. The highest BCUT2D eigenvalue weighted by atomic mass is 35.5. The van der Waals surface area contributed by atoms with Gasteiger partial charge in [-0.3, -0.25) is 14.4 Å². The van der Waals surface area contributed by atoms with Crippen LogP contribution in [0, 0.1) is 5.92 Å². The number of unbranched alkanes of at least 4 members (excludes halogenated alkanes) is 10. The Kier molecular flexibility index (Phi) is 34.5. The van der Waals surface area contributed by atoms with Gasteiger partial charge in [-0.15, -0.1) is 0 Å². The average molecular weight is 670 g/mol. The zero-order valence-corrected chi connectivity index (χ0v) is 30.2. The van der Waals surface area contributed by atoms with Crippen LogP contribution in [0.4, 0.5) is 0 Å². The SMILES string of the molecule is CC/C=C\C/C=C\C/C=C\CCCCCCCC(=O)Cl.CCC(C)C(=O)Cl.CCCCCCCCc1ccc(C(=O)Cl)cc1. The molecule has 0 aliphatic heterocycles. The maximum Gasteiger partial charge on any atom is 0.252 e. The molecule has 0 bridgehead atoms. The molecule has 0 aliphatic carbocycles. The van der Waals surface area contributed by atoms with E-state index in [9.17, 15) is 14.4 Å². The fourth-order valence-corrected chi connectivity index (χ4v) is 4.37. The normalized spacial score (nSPS) is 11.7. The number of rotatable bonds is 23. The lowest BCUT2D eigenvalue weighted by atomic mass is 10.0. The first kappa shape index (κ1) is 44.4. The predicted molar refractivity (Wildman–Crippen MR) is 194 cm³/mol. The summed E-state index contributed by atoms with van der Waals surface area (Å²) in [6.07, 6.45) is 33.8. The van der Waals surface area contributed by atoms with Crippen LogP contribution in [-0.2, 0) is 16.0 Å². The molecule has 1 unspecified atom stereocenters. The molecule has 0 heterocycles. The van der Waals surface area contributed by atoms with Crippen molar-refractivity contribution >= 4 is 50.5 Å². The van der Waals surface area contributed by atoms with Gasteiger partial charge >= 0.3 is 0 Å². The topological polar surface area (TPSA) is 51.2 Å². The minimum absolute atomic E-state index is 0.0293. The van der Waals surface area contributed by atoms with Crippen molar-refractivity contribution < 1.29 is 14.4 Å². The molecule has 6 heteroatoms. The Morgan fingerprint density at radius 3 is 1.68 bits per heavy atom. The van der Waals surface area contributed by atoms with Gasteiger partial charge in [0.15, 0.2) is 0 Å². The Morgan fingerprint density at radius 1 is 0.659 bits per heavy atom. The second-order valence-electron chi connectivity index (χ2n) is 11.1. The molecule has 1 atom stereocenters. The van der Waals surface area contributed by atoms with Crippen molar-refractivity contribution in [1.82, 2.24) is 0 Å². The van der Waals surface area contributed by atoms with E-state index in [2.05, 4.69) is 50.3 Å². The molecule has 0 aliphatic rings. The second-order valence-corrected chi connectivity index (χ2v) is 12.2. The molecule has 0 N–H and O–H groups in total. The smallest absolute Gasteiger partial charge is 0.252 e. The number of allylic oxidation sites excluding steroid dienone is 6. The summed E-state index contributed by atoms with van der Waals surface area (Å²) in [6.45, 7) is 8.14. The van der Waals surface area contributed by atoms with Crippen molar-refractivity contribution in [3.05, 3.63) is 71.8 Å². The average Bonchev–Trinajstić information content (AvgIpc) is 3.01. The van der Waals surface area contributed by atoms with Crippen LogP contribution in [0.15, 0.2) is 60.7 Å². The van der Waals surface area contributed by atoms with Crippen molar-refractivity contribution in [3.63, 3.8) is 0 Å². The fraction of sp³-hybridized carbons (Fsp3) is 0.605. The van der Waals surface area contributed by atoms with Crippen LogP contribution in [0.3, 0.4) is 0 Å². The highest BCUT2D eigenvalue weighted by Crippen LogP contribution is 2.12. The van der Waals surface area contributed by atoms with Gasteiger partial charge in [0, 0.05) is 17.9 Å². The third-order valence-corrected chi connectivity index (χ3v) is 7.80. The quantitative estimate of drug-likeness (QED) is 0.0662. The lowest BCUT2D eigenvalue weighted by Gasteiger charge is -2.02. The molecule has 44 heavy (non-hydrogen) atoms. The van der Waals surface area contributed by atoms with Gasteiger partial charge in [-0.1, -0.05) is 128 Å². The van der Waals surface area contributed by atoms with Gasteiger partial charge in [-0.2, -0.15) is 0 Å². The van der Waals surface area contributed by atoms with E-state index in [1.165, 1.54) is 63.4 Å². The van der Waals surface area contributed by atoms with Crippen molar-refractivity contribution in [2.45, 2.75) is 143 Å². The minimum atomic E-state index is -0.379. The summed E-state index contributed by atoms with van der Waals surface area (Å²) in [5, 5.41) is -0.815. The van der Waals surface area contributed by atoms with Crippen molar-refractivity contribution in [3.8, 4) is 0 Å². The Hall–Kier alpha value is -1.68. The van der Waals surface area contributed by atoms with Crippen LogP contribution in [-0.4, -0.2) is 15.7 Å². The van der Waals surface area contributed by atoms with Crippen LogP contribution in [0.5, 0.6) is 0 Å². The van der Waals surface area contributed by atoms with E-state index in [1.54, 1.807) is 0 Å². The van der Waals surface area contributed by atoms with Crippen molar-refractivity contribution in [1.29, 1.82) is 0 Å². The number of hydrogen-bond donors (Lipinski definition) is 0. The maximum atomic E-state index is 10.9. The third-order valence-electron chi connectivity index (χ3n) is 7.02. The van der Waals surface area contributed by atoms with E-state index in [0.717, 1.165) is 51.4 Å². The second kappa shape index (κ2) is 34.2. The first-order valence-corrected chi connectivity index (χ1v) is 17.9. The number of halogens is 3. The summed E-state index contributed by atoms with van der Waals surface area (Å²) in [6, 6.07) is 7.62. The minimum Gasteiger partial charge on any atom is -0.281 e. The van der Waals surface area contributed by atoms with Crippen LogP contribution < -0.4 is 0 Å². The molecule has 0 aromatic heterocycles. The summed E-state index contributed by atoms with van der Waals surface area (Å²) in [4.78, 5) is 31.5. The van der Waals surface area contributed by atoms with E-state index in [1.807, 2.05) is 38.1 Å². The van der Waals surface area contributed by atoms with Crippen LogP contribution >= 0.6 is 34.8 Å². The summed E-state index contributed by atoms with van der Waals surface area (Å²) in [7, 11) is 0. The Bertz CT molecular complexity index is 920. The molecule has 1 rings (SSSR count). The largest absolute Gasteiger partial charge is 0.281 e. The maximum absolute atomic E-state index is 10.9. The molecule has 0 fully saturated rings. The zero-order chi connectivity index (χ0) is 33.3. The van der Waals surface area contributed by atoms with Gasteiger partial charge in [-0.05, 0) is 110 Å². The van der Waals surface area contributed by atoms with Crippen LogP contribution in [0.1, 0.15) is 153 Å². The van der Waals surface area contributed by atoms with Crippen molar-refractivity contribution in [2.24, 2.45) is 5.92 Å². The molecular formula is C38H59Cl3O3. The van der Waals surface area contributed by atoms with Gasteiger partial charge in [0.1, 0.15) is 0 Å². The van der Waals surface area contributed by atoms with E-state index in [0.29, 0.717) is 12.0 Å². The number of hydrogen-bond acceptors (Lipinski definition) is 3. The van der Waals surface area contributed by atoms with Crippen LogP contribution in [0.25, 0.3) is 0 Å². The summed E-state index contributed by atoms with van der Waals surface area (Å²) < 4.78 is 0. The first-order chi connectivity index (χ1) is 21.2. The monoisotopic (exact) mass is 668 g/mol. The predicted octanol–water partition coefficient (Wildman–Crippen LogP) is 13.1. The van der Waals surface area contributed by atoms with Gasteiger partial charge in [0.2, 0.25) is 10.5 Å². The molecule has 0 saturated carbocycles. The number of carbonyl (C=O) groups excluding carboxylic acids is 3.